The minimum atomic E-state index is -0.381. The second kappa shape index (κ2) is 18.2. The van der Waals surface area contributed by atoms with Gasteiger partial charge in [-0.1, -0.05) is 24.3 Å². The molecule has 0 radical (unpaired) electrons. The van der Waals surface area contributed by atoms with Crippen molar-refractivity contribution < 1.29 is 29.0 Å². The van der Waals surface area contributed by atoms with Gasteiger partial charge in [-0.15, -0.1) is 0 Å². The second-order valence-electron chi connectivity index (χ2n) is 16.6. The Morgan fingerprint density at radius 3 is 2.31 bits per heavy atom. The number of nitrogens with one attached hydrogen (secondary N) is 3. The van der Waals surface area contributed by atoms with E-state index in [0.29, 0.717) is 70.0 Å². The molecule has 0 aliphatic carbocycles. The fourth-order valence-electron chi connectivity index (χ4n) is 9.27. The molecule has 3 aromatic carbocycles. The van der Waals surface area contributed by atoms with Gasteiger partial charge >= 0.3 is 0 Å². The largest absolute Gasteiger partial charge is 0.507 e. The normalized spacial score (nSPS) is 22.8. The molecule has 5 saturated heterocycles. The molecule has 5 heterocycles. The van der Waals surface area contributed by atoms with E-state index in [9.17, 15) is 19.5 Å². The molecule has 5 aliphatic rings. The number of piperazine rings is 2. The fourth-order valence-corrected chi connectivity index (χ4v) is 9.27. The summed E-state index contributed by atoms with van der Waals surface area (Å²) in [6.45, 7) is 6.91. The smallest absolute Gasteiger partial charge is 0.249 e. The molecule has 2 bridgehead atoms. The van der Waals surface area contributed by atoms with E-state index in [0.717, 1.165) is 61.8 Å². The van der Waals surface area contributed by atoms with Crippen molar-refractivity contribution >= 4 is 46.3 Å². The predicted octanol–water partition coefficient (Wildman–Crippen LogP) is 2.60. The van der Waals surface area contributed by atoms with Gasteiger partial charge in [-0.3, -0.25) is 30.0 Å². The molecule has 1 unspecified atom stereocenters. The van der Waals surface area contributed by atoms with Gasteiger partial charge in [-0.25, -0.2) is 0 Å². The minimum absolute atomic E-state index is 0.00411. The number of nitrogens with zero attached hydrogens (tertiary/aromatic N) is 6. The molecule has 16 nitrogen and oxygen atoms in total. The summed E-state index contributed by atoms with van der Waals surface area (Å²) >= 11 is 0. The number of phenolic OH excluding ortho intramolecular Hbond substituents is 1. The number of likely N-dealkylation sites (tertiary alicyclic amines) is 1. The Morgan fingerprint density at radius 1 is 0.902 bits per heavy atom. The number of hydrogen-bond donors (Lipinski definition) is 5. The molecule has 16 heteroatoms. The highest BCUT2D eigenvalue weighted by molar-refractivity contribution is 6.12. The number of carbonyl (C=O) groups is 3. The van der Waals surface area contributed by atoms with Crippen molar-refractivity contribution in [3.63, 3.8) is 0 Å². The average Bonchev–Trinajstić information content (AvgIpc) is 3.25. The second-order valence-corrected chi connectivity index (χ2v) is 16.6. The maximum atomic E-state index is 13.5. The number of benzene rings is 3. The molecule has 6 N–H and O–H groups in total. The van der Waals surface area contributed by atoms with Gasteiger partial charge in [0.25, 0.3) is 0 Å². The maximum Gasteiger partial charge on any atom is 0.249 e. The summed E-state index contributed by atoms with van der Waals surface area (Å²) in [4.78, 5) is 50.4. The molecule has 3 amide bonds. The summed E-state index contributed by atoms with van der Waals surface area (Å²) in [6.07, 6.45) is 3.90. The number of ether oxygens (including phenoxy) is 2. The molecule has 3 aromatic rings. The number of carbonyl (C=O) groups excluding carboxylic acids is 3. The SMILES string of the molecule is CN(c1cccc(N2CCN(CC(=O)N3CCC(Oc4cccc(N5[C@H]6COC[C@H]5CN(/C(=C/C(=N)c5ccccc5O)C(=N)N)C6)c4)CC3)CC2)c1)C1CCC(=O)NC1=O. The predicted molar refractivity (Wildman–Crippen MR) is 234 cm³/mol. The van der Waals surface area contributed by atoms with Gasteiger partial charge in [0, 0.05) is 107 Å². The lowest BCUT2D eigenvalue weighted by Gasteiger charge is -2.52. The third-order valence-electron chi connectivity index (χ3n) is 12.6. The Morgan fingerprint density at radius 2 is 1.61 bits per heavy atom. The molecule has 5 aliphatic heterocycles. The van der Waals surface area contributed by atoms with Crippen LogP contribution in [0.4, 0.5) is 17.1 Å². The number of imide groups is 1. The lowest BCUT2D eigenvalue weighted by atomic mass is 10.0. The van der Waals surface area contributed by atoms with Crippen molar-refractivity contribution in [2.75, 3.05) is 93.9 Å². The van der Waals surface area contributed by atoms with Gasteiger partial charge in [0.05, 0.1) is 43.3 Å². The van der Waals surface area contributed by atoms with Gasteiger partial charge in [-0.05, 0) is 55.0 Å². The van der Waals surface area contributed by atoms with E-state index in [4.69, 9.17) is 26.0 Å². The number of anilines is 3. The number of amides is 3. The molecule has 8 rings (SSSR count). The fraction of sp³-hybridized carbons (Fsp3) is 0.444. The zero-order chi connectivity index (χ0) is 42.6. The molecule has 61 heavy (non-hydrogen) atoms. The molecule has 0 aromatic heterocycles. The number of aromatic hydroxyl groups is 1. The molecule has 3 atom stereocenters. The molecule has 322 valence electrons. The molecular weight excluding hydrogens is 777 g/mol. The number of phenols is 1. The quantitative estimate of drug-likeness (QED) is 0.102. The van der Waals surface area contributed by atoms with Gasteiger partial charge in [0.2, 0.25) is 17.7 Å². The lowest BCUT2D eigenvalue weighted by molar-refractivity contribution is -0.135. The van der Waals surface area contributed by atoms with Crippen LogP contribution in [0.2, 0.25) is 0 Å². The Balaban J connectivity index is 0.807. The number of likely N-dealkylation sites (N-methyl/N-ethyl adjacent to an activating group) is 1. The topological polar surface area (TPSA) is 195 Å². The Labute approximate surface area is 356 Å². The van der Waals surface area contributed by atoms with E-state index >= 15 is 0 Å². The number of nitrogens with two attached hydrogens (primary N) is 1. The summed E-state index contributed by atoms with van der Waals surface area (Å²) < 4.78 is 12.5. The Bertz CT molecular complexity index is 2150. The van der Waals surface area contributed by atoms with Crippen molar-refractivity contribution in [3.05, 3.63) is 90.1 Å². The van der Waals surface area contributed by atoms with E-state index < -0.39 is 0 Å². The average molecular weight is 833 g/mol. The highest BCUT2D eigenvalue weighted by Crippen LogP contribution is 2.33. The van der Waals surface area contributed by atoms with Crippen LogP contribution in [0, 0.1) is 10.8 Å². The molecular formula is C45H56N10O6. The summed E-state index contributed by atoms with van der Waals surface area (Å²) in [6, 6.07) is 22.6. The number of rotatable bonds is 12. The summed E-state index contributed by atoms with van der Waals surface area (Å²) in [5.74, 6) is 0.329. The summed E-state index contributed by atoms with van der Waals surface area (Å²) in [5, 5.41) is 29.7. The van der Waals surface area contributed by atoms with E-state index in [2.05, 4.69) is 44.3 Å². The number of morpholine rings is 1. The number of para-hydroxylation sites is 1. The number of hydrogen-bond acceptors (Lipinski definition) is 13. The van der Waals surface area contributed by atoms with Crippen LogP contribution in [0.3, 0.4) is 0 Å². The van der Waals surface area contributed by atoms with Gasteiger partial charge in [0.15, 0.2) is 0 Å². The first kappa shape index (κ1) is 41.6. The molecule has 5 fully saturated rings. The summed E-state index contributed by atoms with van der Waals surface area (Å²) in [7, 11) is 1.89. The van der Waals surface area contributed by atoms with Crippen LogP contribution in [0.25, 0.3) is 0 Å². The molecule has 0 spiro atoms. The number of piperidine rings is 2. The number of fused-ring (bicyclic) bond motifs is 2. The summed E-state index contributed by atoms with van der Waals surface area (Å²) in [5.41, 5.74) is 10.0. The minimum Gasteiger partial charge on any atom is -0.507 e. The van der Waals surface area contributed by atoms with Crippen molar-refractivity contribution in [2.45, 2.75) is 49.9 Å². The van der Waals surface area contributed by atoms with Crippen LogP contribution < -0.4 is 30.5 Å². The first-order valence-electron chi connectivity index (χ1n) is 21.2. The standard InChI is InChI=1S/C45H56N10O6/c1-50(39-12-13-42(57)49-45(39)59)30-6-4-7-31(22-30)52-20-18-51(19-21-52)27-43(58)53-16-14-35(15-17-53)61-36-9-5-8-32(23-36)55-33-25-54(26-34(55)29-60-28-33)40(44(47)48)24-38(46)37-10-2-3-11-41(37)56/h2-11,22-24,33-35,39,46,56H,12-21,25-29H2,1H3,(H3,47,48)(H,49,57,59)/b40-24+,46-38?/t33-,34-,39?/m1/s1. The Hall–Kier alpha value is -6.13. The monoisotopic (exact) mass is 832 g/mol. The zero-order valence-corrected chi connectivity index (χ0v) is 34.7. The van der Waals surface area contributed by atoms with E-state index in [1.165, 1.54) is 6.07 Å². The van der Waals surface area contributed by atoms with Crippen molar-refractivity contribution in [1.29, 1.82) is 10.8 Å². The van der Waals surface area contributed by atoms with Crippen molar-refractivity contribution in [2.24, 2.45) is 5.73 Å². The van der Waals surface area contributed by atoms with Gasteiger partial charge in [0.1, 0.15) is 29.5 Å². The molecule has 0 saturated carbocycles. The first-order chi connectivity index (χ1) is 29.5. The highest BCUT2D eigenvalue weighted by Gasteiger charge is 2.40. The van der Waals surface area contributed by atoms with Gasteiger partial charge in [-0.2, -0.15) is 0 Å². The number of amidine groups is 1. The van der Waals surface area contributed by atoms with Crippen LogP contribution in [-0.2, 0) is 19.1 Å². The Kier molecular flexibility index (Phi) is 12.4. The van der Waals surface area contributed by atoms with Crippen LogP contribution >= 0.6 is 0 Å². The van der Waals surface area contributed by atoms with Crippen LogP contribution in [0.1, 0.15) is 31.2 Å². The third-order valence-corrected chi connectivity index (χ3v) is 12.6. The lowest BCUT2D eigenvalue weighted by Crippen LogP contribution is -2.65. The van der Waals surface area contributed by atoms with Gasteiger partial charge < -0.3 is 50.2 Å². The highest BCUT2D eigenvalue weighted by atomic mass is 16.5. The first-order valence-corrected chi connectivity index (χ1v) is 21.2. The maximum absolute atomic E-state index is 13.5. The van der Waals surface area contributed by atoms with E-state index in [-0.39, 0.29) is 59.2 Å². The van der Waals surface area contributed by atoms with E-state index in [1.54, 1.807) is 24.3 Å². The van der Waals surface area contributed by atoms with Crippen LogP contribution in [0.5, 0.6) is 11.5 Å². The third kappa shape index (κ3) is 9.45. The number of allylic oxidation sites excluding steroid dienone is 1. The van der Waals surface area contributed by atoms with Crippen molar-refractivity contribution in [3.8, 4) is 11.5 Å². The zero-order valence-electron chi connectivity index (χ0n) is 34.7. The van der Waals surface area contributed by atoms with Crippen LogP contribution in [-0.4, -0.2) is 152 Å². The van der Waals surface area contributed by atoms with E-state index in [1.807, 2.05) is 46.0 Å². The van der Waals surface area contributed by atoms with Crippen LogP contribution in [0.15, 0.2) is 84.6 Å². The van der Waals surface area contributed by atoms with Crippen molar-refractivity contribution in [1.82, 2.24) is 20.0 Å².